The third-order valence-corrected chi connectivity index (χ3v) is 6.75. The monoisotopic (exact) mass is 460 g/mol. The van der Waals surface area contributed by atoms with E-state index in [0.717, 1.165) is 39.1 Å². The number of amides is 1. The Balaban J connectivity index is 1.39. The lowest BCUT2D eigenvalue weighted by atomic mass is 9.94. The normalized spacial score (nSPS) is 15.6. The van der Waals surface area contributed by atoms with E-state index in [4.69, 9.17) is 19.6 Å². The molecule has 1 N–H and O–H groups in total. The van der Waals surface area contributed by atoms with Gasteiger partial charge in [-0.25, -0.2) is 9.50 Å². The molecule has 176 valence electrons. The van der Waals surface area contributed by atoms with Crippen molar-refractivity contribution >= 4 is 22.5 Å². The number of ether oxygens (including phenoxy) is 2. The first-order valence-electron chi connectivity index (χ1n) is 11.4. The molecule has 0 aliphatic carbocycles. The lowest BCUT2D eigenvalue weighted by molar-refractivity contribution is -0.134. The Morgan fingerprint density at radius 1 is 1.12 bits per heavy atom. The van der Waals surface area contributed by atoms with Crippen LogP contribution in [0.4, 0.5) is 0 Å². The summed E-state index contributed by atoms with van der Waals surface area (Å²) in [6.07, 6.45) is 0.0182. The SMILES string of the molecule is COc1ccc(OC)c2c1CN(C(=O)CCc1c(C)nc3c4ccccc4nn3c1C)C[C@@H]2O. The molecular formula is C26H28N4O4. The number of hydrogen-bond acceptors (Lipinski definition) is 6. The molecule has 5 rings (SSSR count). The number of aromatic nitrogens is 3. The van der Waals surface area contributed by atoms with Crippen molar-refractivity contribution in [2.75, 3.05) is 20.8 Å². The molecule has 1 atom stereocenters. The number of methoxy groups -OCH3 is 2. The number of hydrogen-bond donors (Lipinski definition) is 1. The van der Waals surface area contributed by atoms with Gasteiger partial charge in [0.05, 0.1) is 26.3 Å². The highest BCUT2D eigenvalue weighted by Crippen LogP contribution is 2.39. The van der Waals surface area contributed by atoms with E-state index in [2.05, 4.69) is 0 Å². The average molecular weight is 461 g/mol. The van der Waals surface area contributed by atoms with Crippen molar-refractivity contribution < 1.29 is 19.4 Å². The molecular weight excluding hydrogens is 432 g/mol. The summed E-state index contributed by atoms with van der Waals surface area (Å²) in [4.78, 5) is 19.7. The summed E-state index contributed by atoms with van der Waals surface area (Å²) in [6.45, 7) is 4.58. The summed E-state index contributed by atoms with van der Waals surface area (Å²) in [6, 6.07) is 11.5. The molecule has 1 aliphatic rings. The lowest BCUT2D eigenvalue weighted by Crippen LogP contribution is -2.38. The topological polar surface area (TPSA) is 89.2 Å². The number of rotatable bonds is 5. The number of β-amino-alcohol motifs (C(OH)–C–C–N with tert-alkyl or cyclic N) is 1. The van der Waals surface area contributed by atoms with Crippen LogP contribution in [0.2, 0.25) is 0 Å². The van der Waals surface area contributed by atoms with Gasteiger partial charge in [-0.15, -0.1) is 0 Å². The van der Waals surface area contributed by atoms with Gasteiger partial charge in [0.15, 0.2) is 5.65 Å². The predicted molar refractivity (Wildman–Crippen MR) is 128 cm³/mol. The van der Waals surface area contributed by atoms with E-state index in [0.29, 0.717) is 36.4 Å². The van der Waals surface area contributed by atoms with Gasteiger partial charge >= 0.3 is 0 Å². The molecule has 3 heterocycles. The van der Waals surface area contributed by atoms with Gasteiger partial charge in [-0.3, -0.25) is 4.79 Å². The number of fused-ring (bicyclic) bond motifs is 4. The van der Waals surface area contributed by atoms with Crippen molar-refractivity contribution in [1.82, 2.24) is 19.5 Å². The van der Waals surface area contributed by atoms with Gasteiger partial charge < -0.3 is 19.5 Å². The molecule has 0 unspecified atom stereocenters. The Hall–Kier alpha value is -3.65. The summed E-state index contributed by atoms with van der Waals surface area (Å²) in [5, 5.41) is 16.5. The molecule has 0 radical (unpaired) electrons. The Labute approximate surface area is 197 Å². The second-order valence-corrected chi connectivity index (χ2v) is 8.67. The zero-order valence-electron chi connectivity index (χ0n) is 19.8. The van der Waals surface area contributed by atoms with Crippen LogP contribution in [-0.4, -0.2) is 51.3 Å². The third-order valence-electron chi connectivity index (χ3n) is 6.75. The molecule has 2 aromatic carbocycles. The molecule has 0 bridgehead atoms. The van der Waals surface area contributed by atoms with Crippen LogP contribution in [0.5, 0.6) is 11.5 Å². The van der Waals surface area contributed by atoms with E-state index in [1.807, 2.05) is 42.6 Å². The predicted octanol–water partition coefficient (Wildman–Crippen LogP) is 3.52. The van der Waals surface area contributed by atoms with E-state index in [1.54, 1.807) is 31.3 Å². The van der Waals surface area contributed by atoms with Crippen molar-refractivity contribution in [1.29, 1.82) is 0 Å². The summed E-state index contributed by atoms with van der Waals surface area (Å²) in [5.74, 6) is 1.21. The molecule has 8 heteroatoms. The van der Waals surface area contributed by atoms with E-state index >= 15 is 0 Å². The second-order valence-electron chi connectivity index (χ2n) is 8.67. The Kier molecular flexibility index (Phi) is 5.61. The van der Waals surface area contributed by atoms with Crippen LogP contribution in [0, 0.1) is 13.8 Å². The van der Waals surface area contributed by atoms with Crippen molar-refractivity contribution in [2.45, 2.75) is 39.3 Å². The third kappa shape index (κ3) is 3.54. The molecule has 8 nitrogen and oxygen atoms in total. The highest BCUT2D eigenvalue weighted by atomic mass is 16.5. The number of aryl methyl sites for hydroxylation is 2. The minimum atomic E-state index is -0.837. The number of carbonyl (C=O) groups excluding carboxylic acids is 1. The fourth-order valence-electron chi connectivity index (χ4n) is 4.99. The molecule has 0 fully saturated rings. The molecule has 2 aromatic heterocycles. The molecule has 1 amide bonds. The van der Waals surface area contributed by atoms with Gasteiger partial charge in [-0.1, -0.05) is 12.1 Å². The first-order chi connectivity index (χ1) is 16.4. The fraction of sp³-hybridized carbons (Fsp3) is 0.346. The standard InChI is InChI=1S/C26H28N4O4/c1-15-17(16(2)30-26(27-15)18-7-5-6-8-20(18)28-30)9-12-24(32)29-13-19-22(33-3)10-11-23(34-4)25(19)21(31)14-29/h5-8,10-11,21,31H,9,12-14H2,1-4H3/t21-/m0/s1. The maximum atomic E-state index is 13.2. The molecule has 0 saturated heterocycles. The molecule has 0 saturated carbocycles. The van der Waals surface area contributed by atoms with Gasteiger partial charge in [0.25, 0.3) is 0 Å². The zero-order chi connectivity index (χ0) is 24.0. The molecule has 0 spiro atoms. The highest BCUT2D eigenvalue weighted by molar-refractivity contribution is 5.92. The Bertz CT molecular complexity index is 1410. The van der Waals surface area contributed by atoms with Crippen molar-refractivity contribution in [3.8, 4) is 11.5 Å². The van der Waals surface area contributed by atoms with Crippen LogP contribution < -0.4 is 9.47 Å². The smallest absolute Gasteiger partial charge is 0.223 e. The Morgan fingerprint density at radius 3 is 2.62 bits per heavy atom. The van der Waals surface area contributed by atoms with Crippen molar-refractivity contribution in [3.05, 3.63) is 64.5 Å². The van der Waals surface area contributed by atoms with Crippen LogP contribution in [0.25, 0.3) is 16.6 Å². The summed E-state index contributed by atoms with van der Waals surface area (Å²) < 4.78 is 12.8. The van der Waals surface area contributed by atoms with E-state index in [1.165, 1.54) is 0 Å². The van der Waals surface area contributed by atoms with Crippen LogP contribution >= 0.6 is 0 Å². The average Bonchev–Trinajstić information content (AvgIpc) is 3.21. The first-order valence-corrected chi connectivity index (χ1v) is 11.4. The van der Waals surface area contributed by atoms with Crippen molar-refractivity contribution in [2.24, 2.45) is 0 Å². The number of carbonyl (C=O) groups is 1. The highest BCUT2D eigenvalue weighted by Gasteiger charge is 2.32. The minimum Gasteiger partial charge on any atom is -0.496 e. The number of aliphatic hydroxyl groups excluding tert-OH is 1. The van der Waals surface area contributed by atoms with Gasteiger partial charge in [0.2, 0.25) is 5.91 Å². The van der Waals surface area contributed by atoms with Crippen LogP contribution in [0.15, 0.2) is 36.4 Å². The maximum absolute atomic E-state index is 13.2. The molecule has 4 aromatic rings. The zero-order valence-corrected chi connectivity index (χ0v) is 19.8. The maximum Gasteiger partial charge on any atom is 0.223 e. The van der Waals surface area contributed by atoms with Crippen molar-refractivity contribution in [3.63, 3.8) is 0 Å². The Morgan fingerprint density at radius 2 is 1.85 bits per heavy atom. The number of aliphatic hydroxyl groups is 1. The first kappa shape index (κ1) is 22.2. The molecule has 34 heavy (non-hydrogen) atoms. The summed E-state index contributed by atoms with van der Waals surface area (Å²) in [7, 11) is 3.16. The number of nitrogens with zero attached hydrogens (tertiary/aromatic N) is 4. The van der Waals surface area contributed by atoms with E-state index in [-0.39, 0.29) is 12.5 Å². The van der Waals surface area contributed by atoms with E-state index in [9.17, 15) is 9.90 Å². The van der Waals surface area contributed by atoms with Crippen LogP contribution in [0.1, 0.15) is 40.6 Å². The summed E-state index contributed by atoms with van der Waals surface area (Å²) >= 11 is 0. The van der Waals surface area contributed by atoms with E-state index < -0.39 is 6.10 Å². The van der Waals surface area contributed by atoms with Gasteiger partial charge in [-0.05, 0) is 50.1 Å². The van der Waals surface area contributed by atoms with Gasteiger partial charge in [-0.2, -0.15) is 5.10 Å². The largest absolute Gasteiger partial charge is 0.496 e. The van der Waals surface area contributed by atoms with Crippen LogP contribution in [0.3, 0.4) is 0 Å². The number of benzene rings is 2. The van der Waals surface area contributed by atoms with Gasteiger partial charge in [0, 0.05) is 40.9 Å². The second kappa shape index (κ2) is 8.61. The van der Waals surface area contributed by atoms with Crippen LogP contribution in [-0.2, 0) is 17.8 Å². The summed E-state index contributed by atoms with van der Waals surface area (Å²) in [5.41, 5.74) is 6.12. The minimum absolute atomic E-state index is 0.0286. The fourth-order valence-corrected chi connectivity index (χ4v) is 4.99. The quantitative estimate of drug-likeness (QED) is 0.490. The molecule has 1 aliphatic heterocycles. The lowest BCUT2D eigenvalue weighted by Gasteiger charge is -2.34. The van der Waals surface area contributed by atoms with Gasteiger partial charge in [0.1, 0.15) is 17.6 Å².